The molecule has 0 heterocycles. The Labute approximate surface area is 115 Å². The molecule has 18 heavy (non-hydrogen) atoms. The third-order valence-corrected chi connectivity index (χ3v) is 4.00. The molecular formula is C12H16ClNO3S. The third-order valence-electron chi connectivity index (χ3n) is 2.60. The Hall–Kier alpha value is -0.910. The monoisotopic (exact) mass is 289 g/mol. The molecule has 0 fully saturated rings. The number of hydrogen-bond donors (Lipinski definition) is 3. The number of carbonyl (C=O) groups is 1. The van der Waals surface area contributed by atoms with Crippen LogP contribution in [0.25, 0.3) is 0 Å². The maximum absolute atomic E-state index is 11.9. The number of aromatic hydroxyl groups is 1. The summed E-state index contributed by atoms with van der Waals surface area (Å²) in [5, 5.41) is 21.8. The number of hydrogen-bond acceptors (Lipinski definition) is 4. The normalized spacial score (nSPS) is 14.0. The minimum absolute atomic E-state index is 0.0237. The van der Waals surface area contributed by atoms with Gasteiger partial charge in [0.25, 0.3) is 5.91 Å². The van der Waals surface area contributed by atoms with Gasteiger partial charge in [-0.3, -0.25) is 4.79 Å². The number of benzene rings is 1. The van der Waals surface area contributed by atoms with Gasteiger partial charge in [0.05, 0.1) is 12.2 Å². The van der Waals surface area contributed by atoms with Gasteiger partial charge in [0.2, 0.25) is 0 Å². The SMILES string of the molecule is CSC(CO)C(C)NC(=O)c1cc(Cl)ccc1O. The van der Waals surface area contributed by atoms with Crippen LogP contribution < -0.4 is 5.32 Å². The molecule has 4 nitrogen and oxygen atoms in total. The van der Waals surface area contributed by atoms with Gasteiger partial charge in [0.1, 0.15) is 5.75 Å². The van der Waals surface area contributed by atoms with E-state index in [2.05, 4.69) is 5.32 Å². The highest BCUT2D eigenvalue weighted by Crippen LogP contribution is 2.21. The summed E-state index contributed by atoms with van der Waals surface area (Å²) in [5.74, 6) is -0.524. The lowest BCUT2D eigenvalue weighted by atomic mass is 10.1. The summed E-state index contributed by atoms with van der Waals surface area (Å²) in [6, 6.07) is 4.08. The zero-order chi connectivity index (χ0) is 13.7. The molecule has 0 bridgehead atoms. The molecule has 1 aromatic rings. The fraction of sp³-hybridized carbons (Fsp3) is 0.417. The van der Waals surface area contributed by atoms with Crippen LogP contribution in [0.4, 0.5) is 0 Å². The molecule has 0 radical (unpaired) electrons. The number of phenols is 1. The average molecular weight is 290 g/mol. The largest absolute Gasteiger partial charge is 0.507 e. The maximum atomic E-state index is 11.9. The van der Waals surface area contributed by atoms with Crippen molar-refractivity contribution in [3.05, 3.63) is 28.8 Å². The number of aliphatic hydroxyl groups excluding tert-OH is 1. The Morgan fingerprint density at radius 1 is 1.56 bits per heavy atom. The summed E-state index contributed by atoms with van der Waals surface area (Å²) in [6.45, 7) is 1.78. The van der Waals surface area contributed by atoms with E-state index in [1.54, 1.807) is 6.92 Å². The highest BCUT2D eigenvalue weighted by Gasteiger charge is 2.19. The number of rotatable bonds is 5. The lowest BCUT2D eigenvalue weighted by molar-refractivity contribution is 0.0933. The minimum atomic E-state index is -0.407. The van der Waals surface area contributed by atoms with Crippen LogP contribution in [0.5, 0.6) is 5.75 Å². The van der Waals surface area contributed by atoms with Gasteiger partial charge >= 0.3 is 0 Å². The summed E-state index contributed by atoms with van der Waals surface area (Å²) in [6.07, 6.45) is 1.86. The molecule has 1 rings (SSSR count). The topological polar surface area (TPSA) is 69.6 Å². The van der Waals surface area contributed by atoms with Gasteiger partial charge in [-0.25, -0.2) is 0 Å². The smallest absolute Gasteiger partial charge is 0.255 e. The van der Waals surface area contributed by atoms with Crippen molar-refractivity contribution in [2.24, 2.45) is 0 Å². The van der Waals surface area contributed by atoms with E-state index in [1.165, 1.54) is 30.0 Å². The van der Waals surface area contributed by atoms with Gasteiger partial charge in [-0.15, -0.1) is 0 Å². The number of thioether (sulfide) groups is 1. The van der Waals surface area contributed by atoms with E-state index >= 15 is 0 Å². The van der Waals surface area contributed by atoms with E-state index in [0.29, 0.717) is 5.02 Å². The Morgan fingerprint density at radius 2 is 2.22 bits per heavy atom. The molecular weight excluding hydrogens is 274 g/mol. The van der Waals surface area contributed by atoms with Crippen molar-refractivity contribution in [1.29, 1.82) is 0 Å². The van der Waals surface area contributed by atoms with Crippen molar-refractivity contribution >= 4 is 29.3 Å². The second-order valence-electron chi connectivity index (χ2n) is 3.88. The summed E-state index contributed by atoms with van der Waals surface area (Å²) < 4.78 is 0. The fourth-order valence-electron chi connectivity index (χ4n) is 1.50. The molecule has 0 saturated heterocycles. The molecule has 100 valence electrons. The summed E-state index contributed by atoms with van der Waals surface area (Å²) >= 11 is 7.25. The number of carbonyl (C=O) groups excluding carboxylic acids is 1. The zero-order valence-corrected chi connectivity index (χ0v) is 11.8. The highest BCUT2D eigenvalue weighted by atomic mass is 35.5. The molecule has 0 aliphatic heterocycles. The lowest BCUT2D eigenvalue weighted by Crippen LogP contribution is -2.41. The number of amides is 1. The Kier molecular flexibility index (Phi) is 5.78. The van der Waals surface area contributed by atoms with E-state index in [4.69, 9.17) is 16.7 Å². The predicted molar refractivity (Wildman–Crippen MR) is 74.4 cm³/mol. The molecule has 0 aliphatic rings. The van der Waals surface area contributed by atoms with Crippen LogP contribution in [0, 0.1) is 0 Å². The lowest BCUT2D eigenvalue weighted by Gasteiger charge is -2.21. The first-order valence-electron chi connectivity index (χ1n) is 5.42. The van der Waals surface area contributed by atoms with Gasteiger partial charge in [-0.2, -0.15) is 11.8 Å². The maximum Gasteiger partial charge on any atom is 0.255 e. The van der Waals surface area contributed by atoms with Gasteiger partial charge in [0, 0.05) is 16.3 Å². The van der Waals surface area contributed by atoms with Crippen LogP contribution in [0.15, 0.2) is 18.2 Å². The first kappa shape index (κ1) is 15.1. The van der Waals surface area contributed by atoms with Crippen LogP contribution in [0.2, 0.25) is 5.02 Å². The van der Waals surface area contributed by atoms with Crippen molar-refractivity contribution in [1.82, 2.24) is 5.32 Å². The Morgan fingerprint density at radius 3 is 2.78 bits per heavy atom. The highest BCUT2D eigenvalue weighted by molar-refractivity contribution is 7.99. The van der Waals surface area contributed by atoms with Gasteiger partial charge in [-0.1, -0.05) is 11.6 Å². The average Bonchev–Trinajstić information content (AvgIpc) is 2.33. The summed E-state index contributed by atoms with van der Waals surface area (Å²) in [4.78, 5) is 11.9. The number of nitrogens with one attached hydrogen (secondary N) is 1. The molecule has 1 aromatic carbocycles. The number of halogens is 1. The molecule has 0 aromatic heterocycles. The van der Waals surface area contributed by atoms with E-state index in [0.717, 1.165) is 0 Å². The molecule has 6 heteroatoms. The summed E-state index contributed by atoms with van der Waals surface area (Å²) in [5.41, 5.74) is 0.132. The van der Waals surface area contributed by atoms with E-state index in [-0.39, 0.29) is 29.2 Å². The number of aliphatic hydroxyl groups is 1. The van der Waals surface area contributed by atoms with Crippen molar-refractivity contribution in [2.75, 3.05) is 12.9 Å². The van der Waals surface area contributed by atoms with Crippen LogP contribution in [0.1, 0.15) is 17.3 Å². The van der Waals surface area contributed by atoms with Crippen molar-refractivity contribution < 1.29 is 15.0 Å². The third kappa shape index (κ3) is 3.80. The van der Waals surface area contributed by atoms with E-state index in [9.17, 15) is 9.90 Å². The summed E-state index contributed by atoms with van der Waals surface area (Å²) in [7, 11) is 0. The molecule has 1 amide bonds. The molecule has 0 spiro atoms. The van der Waals surface area contributed by atoms with Crippen LogP contribution in [-0.2, 0) is 0 Å². The Balaban J connectivity index is 2.79. The van der Waals surface area contributed by atoms with Gasteiger partial charge < -0.3 is 15.5 Å². The predicted octanol–water partition coefficient (Wildman–Crippen LogP) is 1.89. The van der Waals surface area contributed by atoms with Crippen LogP contribution >= 0.6 is 23.4 Å². The number of phenolic OH excluding ortho intramolecular Hbond substituents is 1. The standard InChI is InChI=1S/C12H16ClNO3S/c1-7(11(6-15)18-2)14-12(17)9-5-8(13)3-4-10(9)16/h3-5,7,11,15-16H,6H2,1-2H3,(H,14,17). The second-order valence-corrected chi connectivity index (χ2v) is 5.39. The van der Waals surface area contributed by atoms with Crippen LogP contribution in [-0.4, -0.2) is 40.3 Å². The molecule has 3 N–H and O–H groups in total. The first-order valence-corrected chi connectivity index (χ1v) is 7.09. The minimum Gasteiger partial charge on any atom is -0.507 e. The fourth-order valence-corrected chi connectivity index (χ4v) is 2.30. The van der Waals surface area contributed by atoms with Crippen molar-refractivity contribution in [3.8, 4) is 5.75 Å². The first-order chi connectivity index (χ1) is 8.49. The van der Waals surface area contributed by atoms with Gasteiger partial charge in [-0.05, 0) is 31.4 Å². The second kappa shape index (κ2) is 6.87. The molecule has 0 aliphatic carbocycles. The van der Waals surface area contributed by atoms with Crippen molar-refractivity contribution in [3.63, 3.8) is 0 Å². The molecule has 2 atom stereocenters. The molecule has 2 unspecified atom stereocenters. The van der Waals surface area contributed by atoms with E-state index in [1.807, 2.05) is 6.26 Å². The zero-order valence-electron chi connectivity index (χ0n) is 10.2. The van der Waals surface area contributed by atoms with E-state index < -0.39 is 5.91 Å². The quantitative estimate of drug-likeness (QED) is 0.774. The Bertz CT molecular complexity index is 424. The molecule has 0 saturated carbocycles. The van der Waals surface area contributed by atoms with Crippen molar-refractivity contribution in [2.45, 2.75) is 18.2 Å². The van der Waals surface area contributed by atoms with Gasteiger partial charge in [0.15, 0.2) is 0 Å². The van der Waals surface area contributed by atoms with Crippen LogP contribution in [0.3, 0.4) is 0 Å².